The van der Waals surface area contributed by atoms with Crippen LogP contribution in [0.1, 0.15) is 32.6 Å². The molecule has 4 heteroatoms. The average Bonchev–Trinajstić information content (AvgIpc) is 2.29. The van der Waals surface area contributed by atoms with Gasteiger partial charge in [0.05, 0.1) is 0 Å². The molecule has 1 aliphatic carbocycles. The lowest BCUT2D eigenvalue weighted by Gasteiger charge is -2.37. The summed E-state index contributed by atoms with van der Waals surface area (Å²) >= 11 is 1.95. The Hall–Kier alpha value is -0.220. The van der Waals surface area contributed by atoms with Crippen LogP contribution in [0.15, 0.2) is 0 Å². The summed E-state index contributed by atoms with van der Waals surface area (Å²) in [5, 5.41) is 0. The molecular weight excluding hydrogens is 220 g/mol. The molecule has 2 fully saturated rings. The second-order valence-corrected chi connectivity index (χ2v) is 6.23. The highest BCUT2D eigenvalue weighted by Crippen LogP contribution is 2.27. The van der Waals surface area contributed by atoms with Crippen LogP contribution in [-0.4, -0.2) is 40.9 Å². The van der Waals surface area contributed by atoms with Crippen LogP contribution < -0.4 is 5.73 Å². The van der Waals surface area contributed by atoms with Crippen molar-refractivity contribution in [1.82, 2.24) is 4.90 Å². The highest BCUT2D eigenvalue weighted by atomic mass is 32.2. The van der Waals surface area contributed by atoms with E-state index in [4.69, 9.17) is 5.73 Å². The number of nitrogens with zero attached hydrogens (tertiary/aromatic N) is 1. The highest BCUT2D eigenvalue weighted by molar-refractivity contribution is 7.99. The third kappa shape index (κ3) is 2.72. The van der Waals surface area contributed by atoms with Crippen molar-refractivity contribution in [2.24, 2.45) is 11.7 Å². The van der Waals surface area contributed by atoms with Crippen molar-refractivity contribution in [1.29, 1.82) is 0 Å². The van der Waals surface area contributed by atoms with Gasteiger partial charge in [-0.1, -0.05) is 6.42 Å². The summed E-state index contributed by atoms with van der Waals surface area (Å²) in [4.78, 5) is 14.5. The average molecular weight is 242 g/mol. The minimum Gasteiger partial charge on any atom is -0.338 e. The van der Waals surface area contributed by atoms with Gasteiger partial charge in [-0.25, -0.2) is 0 Å². The first-order chi connectivity index (χ1) is 7.68. The van der Waals surface area contributed by atoms with Gasteiger partial charge in [-0.3, -0.25) is 4.79 Å². The van der Waals surface area contributed by atoms with Gasteiger partial charge in [0, 0.05) is 36.1 Å². The molecule has 1 saturated carbocycles. The van der Waals surface area contributed by atoms with E-state index in [1.807, 2.05) is 11.8 Å². The number of nitrogens with two attached hydrogens (primary N) is 1. The van der Waals surface area contributed by atoms with Gasteiger partial charge < -0.3 is 10.6 Å². The van der Waals surface area contributed by atoms with Crippen LogP contribution in [0, 0.1) is 5.92 Å². The smallest absolute Gasteiger partial charge is 0.226 e. The fourth-order valence-corrected chi connectivity index (χ4v) is 3.75. The second-order valence-electron chi connectivity index (χ2n) is 5.08. The zero-order valence-electron chi connectivity index (χ0n) is 10.0. The van der Waals surface area contributed by atoms with Crippen LogP contribution in [0.3, 0.4) is 0 Å². The van der Waals surface area contributed by atoms with Crippen LogP contribution in [0.25, 0.3) is 0 Å². The fraction of sp³-hybridized carbons (Fsp3) is 0.917. The molecule has 92 valence electrons. The van der Waals surface area contributed by atoms with Gasteiger partial charge in [-0.05, 0) is 26.2 Å². The van der Waals surface area contributed by atoms with E-state index in [1.165, 1.54) is 0 Å². The largest absolute Gasteiger partial charge is 0.338 e. The summed E-state index contributed by atoms with van der Waals surface area (Å²) in [6.45, 7) is 3.09. The molecule has 0 radical (unpaired) electrons. The number of carbonyl (C=O) groups is 1. The van der Waals surface area contributed by atoms with E-state index in [1.54, 1.807) is 0 Å². The third-order valence-electron chi connectivity index (χ3n) is 3.71. The standard InChI is InChI=1S/C12H22N2OS/c1-9-8-16-6-5-14(9)12(15)10-3-2-4-11(13)7-10/h9-11H,2-8,13H2,1H3. The van der Waals surface area contributed by atoms with Crippen molar-refractivity contribution in [2.75, 3.05) is 18.1 Å². The molecule has 0 aromatic rings. The number of carbonyl (C=O) groups excluding carboxylic acids is 1. The molecule has 3 nitrogen and oxygen atoms in total. The van der Waals surface area contributed by atoms with Crippen molar-refractivity contribution in [3.63, 3.8) is 0 Å². The summed E-state index contributed by atoms with van der Waals surface area (Å²) < 4.78 is 0. The van der Waals surface area contributed by atoms with E-state index in [0.29, 0.717) is 11.9 Å². The summed E-state index contributed by atoms with van der Waals surface area (Å²) in [6.07, 6.45) is 4.15. The van der Waals surface area contributed by atoms with E-state index in [-0.39, 0.29) is 12.0 Å². The zero-order chi connectivity index (χ0) is 11.5. The molecule has 2 rings (SSSR count). The van der Waals surface area contributed by atoms with E-state index < -0.39 is 0 Å². The normalized spacial score (nSPS) is 36.1. The molecule has 0 aromatic carbocycles. The predicted molar refractivity (Wildman–Crippen MR) is 68.4 cm³/mol. The van der Waals surface area contributed by atoms with Crippen molar-refractivity contribution in [2.45, 2.75) is 44.7 Å². The van der Waals surface area contributed by atoms with Gasteiger partial charge in [0.1, 0.15) is 0 Å². The zero-order valence-corrected chi connectivity index (χ0v) is 10.8. The fourth-order valence-electron chi connectivity index (χ4n) is 2.74. The molecule has 16 heavy (non-hydrogen) atoms. The molecule has 1 heterocycles. The third-order valence-corrected chi connectivity index (χ3v) is 4.90. The van der Waals surface area contributed by atoms with Crippen molar-refractivity contribution in [3.05, 3.63) is 0 Å². The molecule has 0 aromatic heterocycles. The molecule has 1 amide bonds. The minimum absolute atomic E-state index is 0.203. The van der Waals surface area contributed by atoms with Gasteiger partial charge >= 0.3 is 0 Å². The Labute approximate surface area is 102 Å². The Morgan fingerprint density at radius 1 is 1.44 bits per heavy atom. The van der Waals surface area contributed by atoms with Gasteiger partial charge in [-0.15, -0.1) is 0 Å². The van der Waals surface area contributed by atoms with E-state index >= 15 is 0 Å². The van der Waals surface area contributed by atoms with Crippen LogP contribution in [0.2, 0.25) is 0 Å². The molecule has 0 spiro atoms. The number of rotatable bonds is 1. The highest BCUT2D eigenvalue weighted by Gasteiger charge is 2.32. The summed E-state index contributed by atoms with van der Waals surface area (Å²) in [5.74, 6) is 2.75. The Bertz CT molecular complexity index is 259. The quantitative estimate of drug-likeness (QED) is 0.757. The van der Waals surface area contributed by atoms with E-state index in [2.05, 4.69) is 11.8 Å². The van der Waals surface area contributed by atoms with Crippen LogP contribution in [0.5, 0.6) is 0 Å². The maximum Gasteiger partial charge on any atom is 0.226 e. The molecule has 2 aliphatic rings. The van der Waals surface area contributed by atoms with Crippen LogP contribution in [0.4, 0.5) is 0 Å². The molecular formula is C12H22N2OS. The van der Waals surface area contributed by atoms with Crippen molar-refractivity contribution < 1.29 is 4.79 Å². The Balaban J connectivity index is 1.94. The molecule has 2 N–H and O–H groups in total. The van der Waals surface area contributed by atoms with Gasteiger partial charge in [-0.2, -0.15) is 11.8 Å². The number of hydrogen-bond acceptors (Lipinski definition) is 3. The SMILES string of the molecule is CC1CSCCN1C(=O)C1CCCC(N)C1. The number of thioether (sulfide) groups is 1. The number of hydrogen-bond donors (Lipinski definition) is 1. The molecule has 3 unspecified atom stereocenters. The van der Waals surface area contributed by atoms with Gasteiger partial charge in [0.15, 0.2) is 0 Å². The van der Waals surface area contributed by atoms with Crippen LogP contribution in [-0.2, 0) is 4.79 Å². The van der Waals surface area contributed by atoms with Crippen LogP contribution >= 0.6 is 11.8 Å². The van der Waals surface area contributed by atoms with Crippen molar-refractivity contribution >= 4 is 17.7 Å². The first-order valence-corrected chi connectivity index (χ1v) is 7.47. The van der Waals surface area contributed by atoms with E-state index in [0.717, 1.165) is 43.7 Å². The molecule has 0 bridgehead atoms. The molecule has 1 saturated heterocycles. The van der Waals surface area contributed by atoms with Crippen molar-refractivity contribution in [3.8, 4) is 0 Å². The number of amides is 1. The predicted octanol–water partition coefficient (Wildman–Crippen LogP) is 1.47. The monoisotopic (exact) mass is 242 g/mol. The second kappa shape index (κ2) is 5.41. The van der Waals surface area contributed by atoms with E-state index in [9.17, 15) is 4.79 Å². The van der Waals surface area contributed by atoms with Gasteiger partial charge in [0.2, 0.25) is 5.91 Å². The molecule has 1 aliphatic heterocycles. The molecule has 3 atom stereocenters. The Kier molecular flexibility index (Phi) is 4.14. The summed E-state index contributed by atoms with van der Waals surface area (Å²) in [5.41, 5.74) is 5.95. The first-order valence-electron chi connectivity index (χ1n) is 6.32. The minimum atomic E-state index is 0.203. The lowest BCUT2D eigenvalue weighted by molar-refractivity contribution is -0.138. The maximum atomic E-state index is 12.4. The summed E-state index contributed by atoms with van der Waals surface area (Å²) in [6, 6.07) is 0.654. The lowest BCUT2D eigenvalue weighted by Crippen LogP contribution is -2.48. The lowest BCUT2D eigenvalue weighted by atomic mass is 9.85. The van der Waals surface area contributed by atoms with Gasteiger partial charge in [0.25, 0.3) is 0 Å². The Morgan fingerprint density at radius 2 is 2.25 bits per heavy atom. The Morgan fingerprint density at radius 3 is 2.94 bits per heavy atom. The first kappa shape index (κ1) is 12.2. The maximum absolute atomic E-state index is 12.4. The summed E-state index contributed by atoms with van der Waals surface area (Å²) in [7, 11) is 0. The topological polar surface area (TPSA) is 46.3 Å².